The van der Waals surface area contributed by atoms with Crippen molar-refractivity contribution in [3.8, 4) is 11.5 Å². The third-order valence-corrected chi connectivity index (χ3v) is 6.25. The lowest BCUT2D eigenvalue weighted by Crippen LogP contribution is -2.64. The molecular weight excluding hydrogens is 470 g/mol. The van der Waals surface area contributed by atoms with E-state index in [1.165, 1.54) is 26.4 Å². The summed E-state index contributed by atoms with van der Waals surface area (Å²) in [6.07, 6.45) is -3.77. The molecule has 11 heteroatoms. The van der Waals surface area contributed by atoms with Crippen molar-refractivity contribution in [1.82, 2.24) is 10.6 Å². The summed E-state index contributed by atoms with van der Waals surface area (Å²) < 4.78 is 10.2. The summed E-state index contributed by atoms with van der Waals surface area (Å²) in [4.78, 5) is 37.7. The largest absolute Gasteiger partial charge is 0.497 e. The van der Waals surface area contributed by atoms with E-state index in [0.29, 0.717) is 17.1 Å². The van der Waals surface area contributed by atoms with E-state index in [2.05, 4.69) is 10.6 Å². The predicted octanol–water partition coefficient (Wildman–Crippen LogP) is -0.738. The minimum Gasteiger partial charge on any atom is -0.497 e. The monoisotopic (exact) mass is 501 g/mol. The molecule has 1 saturated carbocycles. The summed E-state index contributed by atoms with van der Waals surface area (Å²) in [6.45, 7) is 0. The van der Waals surface area contributed by atoms with Crippen molar-refractivity contribution in [3.05, 3.63) is 59.7 Å². The van der Waals surface area contributed by atoms with Crippen LogP contribution < -0.4 is 25.8 Å². The Hall–Kier alpha value is -3.67. The number of primary amides is 1. The Labute approximate surface area is 208 Å². The molecule has 7 N–H and O–H groups in total. The van der Waals surface area contributed by atoms with Gasteiger partial charge >= 0.3 is 0 Å². The highest BCUT2D eigenvalue weighted by atomic mass is 16.5. The van der Waals surface area contributed by atoms with E-state index in [9.17, 15) is 29.7 Å². The molecule has 0 aliphatic heterocycles. The van der Waals surface area contributed by atoms with E-state index < -0.39 is 60.5 Å². The molecule has 194 valence electrons. The van der Waals surface area contributed by atoms with Crippen LogP contribution in [0.3, 0.4) is 0 Å². The van der Waals surface area contributed by atoms with Crippen molar-refractivity contribution in [2.24, 2.45) is 5.73 Å². The third kappa shape index (κ3) is 6.30. The van der Waals surface area contributed by atoms with E-state index in [1.54, 1.807) is 36.4 Å². The molecule has 11 nitrogen and oxygen atoms in total. The summed E-state index contributed by atoms with van der Waals surface area (Å²) in [5, 5.41) is 36.9. The predicted molar refractivity (Wildman–Crippen MR) is 128 cm³/mol. The van der Waals surface area contributed by atoms with Crippen LogP contribution >= 0.6 is 0 Å². The van der Waals surface area contributed by atoms with Crippen molar-refractivity contribution in [1.29, 1.82) is 0 Å². The van der Waals surface area contributed by atoms with Crippen molar-refractivity contribution < 1.29 is 39.2 Å². The Balaban J connectivity index is 1.71. The average Bonchev–Trinajstić information content (AvgIpc) is 2.86. The molecule has 1 aliphatic rings. The number of aliphatic hydroxyl groups is 3. The second-order valence-electron chi connectivity index (χ2n) is 8.79. The highest BCUT2D eigenvalue weighted by molar-refractivity contribution is 5.95. The van der Waals surface area contributed by atoms with Crippen LogP contribution in [0.2, 0.25) is 0 Å². The molecular formula is C25H31N3O8. The summed E-state index contributed by atoms with van der Waals surface area (Å²) in [5.74, 6) is -1.18. The summed E-state index contributed by atoms with van der Waals surface area (Å²) in [6, 6.07) is 10.7. The fourth-order valence-corrected chi connectivity index (χ4v) is 4.13. The quantitative estimate of drug-likeness (QED) is 0.260. The minimum atomic E-state index is -2.18. The molecule has 1 fully saturated rings. The van der Waals surface area contributed by atoms with E-state index >= 15 is 0 Å². The first-order valence-electron chi connectivity index (χ1n) is 11.3. The van der Waals surface area contributed by atoms with Gasteiger partial charge in [0.05, 0.1) is 26.4 Å². The Bertz CT molecular complexity index is 1080. The molecule has 0 heterocycles. The fourth-order valence-electron chi connectivity index (χ4n) is 4.13. The van der Waals surface area contributed by atoms with Gasteiger partial charge in [-0.2, -0.15) is 0 Å². The zero-order valence-electron chi connectivity index (χ0n) is 20.0. The summed E-state index contributed by atoms with van der Waals surface area (Å²) >= 11 is 0. The van der Waals surface area contributed by atoms with Gasteiger partial charge in [0.15, 0.2) is 0 Å². The number of aliphatic hydroxyl groups excluding tert-OH is 2. The van der Waals surface area contributed by atoms with Crippen LogP contribution in [0.4, 0.5) is 0 Å². The Kier molecular flexibility index (Phi) is 8.51. The zero-order chi connectivity index (χ0) is 26.5. The molecule has 0 aromatic heterocycles. The first-order chi connectivity index (χ1) is 17.1. The summed E-state index contributed by atoms with van der Waals surface area (Å²) in [5.41, 5.74) is 4.24. The zero-order valence-corrected chi connectivity index (χ0v) is 20.0. The number of nitrogens with one attached hydrogen (secondary N) is 2. The fraction of sp³-hybridized carbons (Fsp3) is 0.400. The van der Waals surface area contributed by atoms with Crippen molar-refractivity contribution >= 4 is 17.7 Å². The maximum Gasteiger partial charge on any atom is 0.252 e. The van der Waals surface area contributed by atoms with Gasteiger partial charge in [0.1, 0.15) is 29.2 Å². The van der Waals surface area contributed by atoms with Crippen molar-refractivity contribution in [2.75, 3.05) is 14.2 Å². The third-order valence-electron chi connectivity index (χ3n) is 6.25. The maximum absolute atomic E-state index is 13.0. The lowest BCUT2D eigenvalue weighted by molar-refractivity contribution is -0.159. The number of amides is 3. The smallest absolute Gasteiger partial charge is 0.252 e. The molecule has 0 bridgehead atoms. The average molecular weight is 502 g/mol. The molecule has 0 saturated heterocycles. The second-order valence-corrected chi connectivity index (χ2v) is 8.79. The Morgan fingerprint density at radius 2 is 1.56 bits per heavy atom. The van der Waals surface area contributed by atoms with Gasteiger partial charge in [-0.15, -0.1) is 0 Å². The number of ether oxygens (including phenoxy) is 2. The second kappa shape index (κ2) is 11.4. The van der Waals surface area contributed by atoms with Crippen LogP contribution in [0.15, 0.2) is 48.5 Å². The molecule has 3 amide bonds. The topological polar surface area (TPSA) is 180 Å². The van der Waals surface area contributed by atoms with E-state index in [0.717, 1.165) is 0 Å². The number of hydrogen-bond donors (Lipinski definition) is 6. The Morgan fingerprint density at radius 3 is 2.08 bits per heavy atom. The van der Waals surface area contributed by atoms with Gasteiger partial charge in [0, 0.05) is 24.8 Å². The van der Waals surface area contributed by atoms with Gasteiger partial charge in [0.2, 0.25) is 5.91 Å². The van der Waals surface area contributed by atoms with Crippen LogP contribution in [0.25, 0.3) is 0 Å². The highest BCUT2D eigenvalue weighted by Crippen LogP contribution is 2.30. The number of carbonyl (C=O) groups is 3. The van der Waals surface area contributed by atoms with Crippen molar-refractivity contribution in [2.45, 2.75) is 49.2 Å². The number of nitrogens with two attached hydrogens (primary N) is 1. The van der Waals surface area contributed by atoms with Crippen LogP contribution in [0, 0.1) is 0 Å². The van der Waals surface area contributed by atoms with Crippen molar-refractivity contribution in [3.63, 3.8) is 0 Å². The lowest BCUT2D eigenvalue weighted by Gasteiger charge is -2.41. The van der Waals surface area contributed by atoms with E-state index in [-0.39, 0.29) is 12.0 Å². The molecule has 3 rings (SSSR count). The molecule has 1 aliphatic carbocycles. The number of methoxy groups -OCH3 is 2. The first kappa shape index (κ1) is 26.9. The van der Waals surface area contributed by atoms with E-state index in [1.807, 2.05) is 0 Å². The van der Waals surface area contributed by atoms with Crippen LogP contribution in [-0.2, 0) is 16.0 Å². The molecule has 5 atom stereocenters. The molecule has 0 radical (unpaired) electrons. The van der Waals surface area contributed by atoms with Crippen LogP contribution in [0.5, 0.6) is 11.5 Å². The molecule has 0 spiro atoms. The van der Waals surface area contributed by atoms with E-state index in [4.69, 9.17) is 15.2 Å². The maximum atomic E-state index is 13.0. The van der Waals surface area contributed by atoms with Crippen LogP contribution in [-0.4, -0.2) is 77.2 Å². The molecule has 2 aromatic rings. The SMILES string of the molecule is COc1ccc(C[C@H](NC(=O)[C@]2(O)C[C@@H](O)[C@H](O)[C@@H](NC(=O)c3ccc(OC)cc3)C2)C(N)=O)cc1. The first-order valence-corrected chi connectivity index (χ1v) is 11.3. The molecule has 2 aromatic carbocycles. The highest BCUT2D eigenvalue weighted by Gasteiger charge is 2.49. The number of carbonyl (C=O) groups excluding carboxylic acids is 3. The van der Waals surface area contributed by atoms with Gasteiger partial charge in [-0.1, -0.05) is 12.1 Å². The van der Waals surface area contributed by atoms with Gasteiger partial charge in [-0.3, -0.25) is 14.4 Å². The minimum absolute atomic E-state index is 0.0595. The van der Waals surface area contributed by atoms with Gasteiger partial charge in [-0.25, -0.2) is 0 Å². The van der Waals surface area contributed by atoms with Gasteiger partial charge < -0.3 is 41.2 Å². The number of rotatable bonds is 9. The molecule has 0 unspecified atom stereocenters. The van der Waals surface area contributed by atoms with Crippen LogP contribution in [0.1, 0.15) is 28.8 Å². The molecule has 36 heavy (non-hydrogen) atoms. The van der Waals surface area contributed by atoms with Gasteiger partial charge in [0.25, 0.3) is 11.8 Å². The standard InChI is InChI=1S/C25H31N3O8/c1-35-16-7-3-14(4-8-16)11-18(22(26)31)28-24(33)25(34)12-19(21(30)20(29)13-25)27-23(32)15-5-9-17(36-2)10-6-15/h3-10,18-21,29-30,34H,11-13H2,1-2H3,(H2,26,31)(H,27,32)(H,28,33)/t18-,19-,20+,21+,25+/m0/s1. The number of hydrogen-bond acceptors (Lipinski definition) is 8. The van der Waals surface area contributed by atoms with Gasteiger partial charge in [-0.05, 0) is 42.0 Å². The Morgan fingerprint density at radius 1 is 1.00 bits per heavy atom. The normalized spacial score (nSPS) is 24.3. The summed E-state index contributed by atoms with van der Waals surface area (Å²) in [7, 11) is 3.00. The number of benzene rings is 2. The lowest BCUT2D eigenvalue weighted by atomic mass is 9.77.